The molecule has 1 aromatic carbocycles. The van der Waals surface area contributed by atoms with Crippen LogP contribution in [0.25, 0.3) is 11.4 Å². The van der Waals surface area contributed by atoms with Gasteiger partial charge in [-0.25, -0.2) is 9.97 Å². The second kappa shape index (κ2) is 9.98. The summed E-state index contributed by atoms with van der Waals surface area (Å²) in [7, 11) is 0. The van der Waals surface area contributed by atoms with Crippen LogP contribution >= 0.6 is 0 Å². The molecule has 0 aliphatic carbocycles. The van der Waals surface area contributed by atoms with Crippen LogP contribution in [-0.2, 0) is 6.42 Å². The van der Waals surface area contributed by atoms with E-state index in [-0.39, 0.29) is 0 Å². The molecule has 1 aromatic heterocycles. The molecule has 0 aliphatic heterocycles. The molecule has 23 heavy (non-hydrogen) atoms. The highest BCUT2D eigenvalue weighted by Gasteiger charge is 2.08. The Morgan fingerprint density at radius 1 is 0.913 bits per heavy atom. The number of unbranched alkanes of at least 4 members (excludes halogenated alkanes) is 5. The van der Waals surface area contributed by atoms with Gasteiger partial charge in [-0.05, 0) is 38.0 Å². The quantitative estimate of drug-likeness (QED) is 0.547. The fourth-order valence-electron chi connectivity index (χ4n) is 2.68. The maximum absolute atomic E-state index is 5.69. The van der Waals surface area contributed by atoms with Gasteiger partial charge in [0.25, 0.3) is 0 Å². The molecule has 0 aliphatic rings. The summed E-state index contributed by atoms with van der Waals surface area (Å²) in [6.45, 7) is 4.89. The summed E-state index contributed by atoms with van der Waals surface area (Å²) in [4.78, 5) is 9.16. The van der Waals surface area contributed by atoms with Crippen LogP contribution in [0.1, 0.15) is 58.1 Å². The Morgan fingerprint density at radius 2 is 1.70 bits per heavy atom. The third-order valence-electron chi connectivity index (χ3n) is 3.93. The van der Waals surface area contributed by atoms with Crippen molar-refractivity contribution in [3.63, 3.8) is 0 Å². The summed E-state index contributed by atoms with van der Waals surface area (Å²) in [6.07, 6.45) is 10.7. The first-order valence-corrected chi connectivity index (χ1v) is 8.89. The highest BCUT2D eigenvalue weighted by atomic mass is 16.5. The molecule has 0 N–H and O–H groups in total. The van der Waals surface area contributed by atoms with Crippen LogP contribution in [0.4, 0.5) is 0 Å². The fourth-order valence-corrected chi connectivity index (χ4v) is 2.68. The summed E-state index contributed by atoms with van der Waals surface area (Å²) in [5.41, 5.74) is 2.09. The molecule has 0 radical (unpaired) electrons. The zero-order valence-corrected chi connectivity index (χ0v) is 14.4. The molecule has 1 heterocycles. The van der Waals surface area contributed by atoms with Crippen molar-refractivity contribution >= 4 is 0 Å². The monoisotopic (exact) mass is 312 g/mol. The van der Waals surface area contributed by atoms with Gasteiger partial charge in [-0.3, -0.25) is 0 Å². The molecule has 0 amide bonds. The molecule has 0 unspecified atom stereocenters. The standard InChI is InChI=1S/C20H28N2O/c1-3-5-6-7-8-9-12-17-15-16-21-20(22-17)18-13-10-11-14-19(18)23-4-2/h10-11,13-16H,3-9,12H2,1-2H3. The van der Waals surface area contributed by atoms with Crippen LogP contribution in [0, 0.1) is 0 Å². The predicted molar refractivity (Wildman–Crippen MR) is 95.7 cm³/mol. The molecule has 0 atom stereocenters. The number of rotatable bonds is 10. The Labute approximate surface area is 140 Å². The first kappa shape index (κ1) is 17.5. The zero-order valence-electron chi connectivity index (χ0n) is 14.4. The first-order chi connectivity index (χ1) is 11.3. The first-order valence-electron chi connectivity index (χ1n) is 8.89. The van der Waals surface area contributed by atoms with Crippen LogP contribution < -0.4 is 4.74 Å². The molecule has 2 rings (SSSR count). The van der Waals surface area contributed by atoms with Gasteiger partial charge >= 0.3 is 0 Å². The minimum Gasteiger partial charge on any atom is -0.493 e. The van der Waals surface area contributed by atoms with E-state index in [9.17, 15) is 0 Å². The van der Waals surface area contributed by atoms with Crippen LogP contribution in [0.2, 0.25) is 0 Å². The predicted octanol–water partition coefficient (Wildman–Crippen LogP) is 5.45. The van der Waals surface area contributed by atoms with Crippen molar-refractivity contribution in [3.05, 3.63) is 42.2 Å². The van der Waals surface area contributed by atoms with Crippen molar-refractivity contribution in [2.24, 2.45) is 0 Å². The number of aryl methyl sites for hydroxylation is 1. The summed E-state index contributed by atoms with van der Waals surface area (Å²) in [5.74, 6) is 1.62. The van der Waals surface area contributed by atoms with E-state index in [2.05, 4.69) is 11.9 Å². The van der Waals surface area contributed by atoms with Crippen LogP contribution in [0.3, 0.4) is 0 Å². The maximum atomic E-state index is 5.69. The third-order valence-corrected chi connectivity index (χ3v) is 3.93. The largest absolute Gasteiger partial charge is 0.493 e. The minimum atomic E-state index is 0.647. The van der Waals surface area contributed by atoms with E-state index >= 15 is 0 Å². The van der Waals surface area contributed by atoms with Crippen LogP contribution in [0.15, 0.2) is 36.5 Å². The van der Waals surface area contributed by atoms with Crippen molar-refractivity contribution in [1.82, 2.24) is 9.97 Å². The highest BCUT2D eigenvalue weighted by Crippen LogP contribution is 2.27. The van der Waals surface area contributed by atoms with Crippen LogP contribution in [0.5, 0.6) is 5.75 Å². The number of ether oxygens (including phenoxy) is 1. The lowest BCUT2D eigenvalue weighted by Gasteiger charge is -2.09. The molecule has 0 saturated carbocycles. The van der Waals surface area contributed by atoms with Crippen molar-refractivity contribution < 1.29 is 4.74 Å². The zero-order chi connectivity index (χ0) is 16.3. The molecule has 0 fully saturated rings. The number of benzene rings is 1. The van der Waals surface area contributed by atoms with E-state index in [0.717, 1.165) is 29.3 Å². The summed E-state index contributed by atoms with van der Waals surface area (Å²) in [5, 5.41) is 0. The van der Waals surface area contributed by atoms with Gasteiger partial charge in [0.2, 0.25) is 0 Å². The number of para-hydroxylation sites is 1. The Morgan fingerprint density at radius 3 is 2.52 bits per heavy atom. The highest BCUT2D eigenvalue weighted by molar-refractivity contribution is 5.63. The Balaban J connectivity index is 1.97. The molecule has 0 saturated heterocycles. The lowest BCUT2D eigenvalue weighted by molar-refractivity contribution is 0.341. The SMILES string of the molecule is CCCCCCCCc1ccnc(-c2ccccc2OCC)n1. The van der Waals surface area contributed by atoms with E-state index < -0.39 is 0 Å². The second-order valence-corrected chi connectivity index (χ2v) is 5.82. The van der Waals surface area contributed by atoms with Crippen LogP contribution in [-0.4, -0.2) is 16.6 Å². The van der Waals surface area contributed by atoms with Crippen molar-refractivity contribution in [2.45, 2.75) is 58.8 Å². The maximum Gasteiger partial charge on any atom is 0.163 e. The molecule has 3 nitrogen and oxygen atoms in total. The molecular weight excluding hydrogens is 284 g/mol. The van der Waals surface area contributed by atoms with E-state index in [0.29, 0.717) is 6.61 Å². The van der Waals surface area contributed by atoms with Gasteiger partial charge < -0.3 is 4.74 Å². The van der Waals surface area contributed by atoms with Gasteiger partial charge in [-0.2, -0.15) is 0 Å². The van der Waals surface area contributed by atoms with E-state index in [4.69, 9.17) is 9.72 Å². The summed E-state index contributed by atoms with van der Waals surface area (Å²) < 4.78 is 5.69. The number of nitrogens with zero attached hydrogens (tertiary/aromatic N) is 2. The Hall–Kier alpha value is -1.90. The Kier molecular flexibility index (Phi) is 7.58. The van der Waals surface area contributed by atoms with Gasteiger partial charge in [0.05, 0.1) is 12.2 Å². The second-order valence-electron chi connectivity index (χ2n) is 5.82. The molecule has 124 valence electrons. The van der Waals surface area contributed by atoms with E-state index in [1.807, 2.05) is 43.5 Å². The van der Waals surface area contributed by atoms with Gasteiger partial charge in [0.15, 0.2) is 5.82 Å². The smallest absolute Gasteiger partial charge is 0.163 e. The Bertz CT molecular complexity index is 583. The fraction of sp³-hybridized carbons (Fsp3) is 0.500. The van der Waals surface area contributed by atoms with Crippen molar-refractivity contribution in [2.75, 3.05) is 6.61 Å². The van der Waals surface area contributed by atoms with E-state index in [1.165, 1.54) is 38.5 Å². The normalized spacial score (nSPS) is 10.7. The van der Waals surface area contributed by atoms with Gasteiger partial charge in [-0.15, -0.1) is 0 Å². The number of hydrogen-bond donors (Lipinski definition) is 0. The summed E-state index contributed by atoms with van der Waals surface area (Å²) in [6, 6.07) is 10.0. The average Bonchev–Trinajstić information content (AvgIpc) is 2.59. The minimum absolute atomic E-state index is 0.647. The average molecular weight is 312 g/mol. The van der Waals surface area contributed by atoms with Crippen molar-refractivity contribution in [3.8, 4) is 17.1 Å². The van der Waals surface area contributed by atoms with Gasteiger partial charge in [0.1, 0.15) is 5.75 Å². The van der Waals surface area contributed by atoms with Gasteiger partial charge in [-0.1, -0.05) is 51.2 Å². The molecule has 0 spiro atoms. The molecule has 3 heteroatoms. The lowest BCUT2D eigenvalue weighted by atomic mass is 10.1. The number of aromatic nitrogens is 2. The summed E-state index contributed by atoms with van der Waals surface area (Å²) >= 11 is 0. The third kappa shape index (κ3) is 5.66. The molecule has 2 aromatic rings. The van der Waals surface area contributed by atoms with Gasteiger partial charge in [0, 0.05) is 11.9 Å². The topological polar surface area (TPSA) is 35.0 Å². The molecule has 0 bridgehead atoms. The van der Waals surface area contributed by atoms with Crippen molar-refractivity contribution in [1.29, 1.82) is 0 Å². The number of hydrogen-bond acceptors (Lipinski definition) is 3. The lowest BCUT2D eigenvalue weighted by Crippen LogP contribution is -1.99. The molecular formula is C20H28N2O. The van der Waals surface area contributed by atoms with E-state index in [1.54, 1.807) is 0 Å².